The molecular weight excluding hydrogens is 256 g/mol. The van der Waals surface area contributed by atoms with Crippen molar-refractivity contribution in [2.45, 2.75) is 84.0 Å². The summed E-state index contributed by atoms with van der Waals surface area (Å²) < 4.78 is 4.93. The van der Waals surface area contributed by atoms with Crippen LogP contribution in [0.2, 0.25) is 0 Å². The van der Waals surface area contributed by atoms with Crippen LogP contribution in [0.4, 0.5) is 0 Å². The molecule has 20 heavy (non-hydrogen) atoms. The molecule has 0 bridgehead atoms. The van der Waals surface area contributed by atoms with E-state index in [2.05, 4.69) is 6.92 Å². The Morgan fingerprint density at radius 1 is 0.800 bits per heavy atom. The zero-order chi connectivity index (χ0) is 15.1. The fourth-order valence-corrected chi connectivity index (χ4v) is 2.05. The molecule has 0 aliphatic rings. The first-order chi connectivity index (χ1) is 9.66. The van der Waals surface area contributed by atoms with Gasteiger partial charge in [-0.25, -0.2) is 0 Å². The maximum Gasteiger partial charge on any atom is 0.306 e. The molecule has 0 heterocycles. The van der Waals surface area contributed by atoms with Gasteiger partial charge in [0.1, 0.15) is 0 Å². The summed E-state index contributed by atoms with van der Waals surface area (Å²) in [5, 5.41) is 10.1. The summed E-state index contributed by atoms with van der Waals surface area (Å²) in [5.74, 6) is -1.65. The van der Waals surface area contributed by atoms with Crippen LogP contribution in [0.25, 0.3) is 0 Å². The topological polar surface area (TPSA) is 66.4 Å². The van der Waals surface area contributed by atoms with Crippen LogP contribution in [-0.4, -0.2) is 18.5 Å². The van der Waals surface area contributed by atoms with Crippen LogP contribution in [0.5, 0.6) is 0 Å². The molecule has 0 aromatic carbocycles. The second-order valence-electron chi connectivity index (χ2n) is 5.27. The predicted molar refractivity (Wildman–Crippen MR) is 77.0 cm³/mol. The average Bonchev–Trinajstić information content (AvgIpc) is 2.42. The number of carbonyl (C=O) groups excluding carboxylic acids is 2. The predicted octanol–water partition coefficient (Wildman–Crippen LogP) is 2.98. The number of hydrogen-bond acceptors (Lipinski definition) is 4. The lowest BCUT2D eigenvalue weighted by Gasteiger charge is -2.05. The zero-order valence-corrected chi connectivity index (χ0v) is 12.8. The third-order valence-corrected chi connectivity index (χ3v) is 3.29. The summed E-state index contributed by atoms with van der Waals surface area (Å²) in [6.07, 6.45) is 12.0. The van der Waals surface area contributed by atoms with Gasteiger partial charge in [0, 0.05) is 5.97 Å². The molecule has 0 aromatic rings. The van der Waals surface area contributed by atoms with Crippen LogP contribution in [0.3, 0.4) is 0 Å². The second kappa shape index (κ2) is 14.4. The lowest BCUT2D eigenvalue weighted by Crippen LogP contribution is -2.23. The first kappa shape index (κ1) is 18.9. The second-order valence-corrected chi connectivity index (χ2v) is 5.27. The highest BCUT2D eigenvalue weighted by Crippen LogP contribution is 2.10. The van der Waals surface area contributed by atoms with Crippen molar-refractivity contribution in [1.82, 2.24) is 0 Å². The minimum Gasteiger partial charge on any atom is -0.550 e. The van der Waals surface area contributed by atoms with E-state index in [1.54, 1.807) is 0 Å². The smallest absolute Gasteiger partial charge is 0.306 e. The van der Waals surface area contributed by atoms with Gasteiger partial charge in [-0.2, -0.15) is 0 Å². The number of esters is 1. The van der Waals surface area contributed by atoms with Gasteiger partial charge in [-0.3, -0.25) is 4.79 Å². The summed E-state index contributed by atoms with van der Waals surface area (Å²) in [6.45, 7) is 2.63. The van der Waals surface area contributed by atoms with Crippen LogP contribution in [0.1, 0.15) is 84.0 Å². The van der Waals surface area contributed by atoms with Crippen LogP contribution in [0.15, 0.2) is 0 Å². The third-order valence-electron chi connectivity index (χ3n) is 3.29. The van der Waals surface area contributed by atoms with E-state index in [0.29, 0.717) is 6.61 Å². The Hall–Kier alpha value is -1.06. The van der Waals surface area contributed by atoms with Crippen molar-refractivity contribution < 1.29 is 19.4 Å². The van der Waals surface area contributed by atoms with Gasteiger partial charge in [0.25, 0.3) is 0 Å². The molecule has 0 aliphatic heterocycles. The molecule has 0 fully saturated rings. The van der Waals surface area contributed by atoms with Gasteiger partial charge in [0.05, 0.1) is 13.0 Å². The Labute approximate surface area is 122 Å². The number of unbranched alkanes of at least 4 members (excludes halogenated alkanes) is 9. The first-order valence-corrected chi connectivity index (χ1v) is 8.02. The lowest BCUT2D eigenvalue weighted by atomic mass is 10.1. The highest BCUT2D eigenvalue weighted by Gasteiger charge is 2.02. The van der Waals surface area contributed by atoms with Crippen LogP contribution < -0.4 is 5.11 Å². The van der Waals surface area contributed by atoms with Crippen molar-refractivity contribution >= 4 is 11.9 Å². The summed E-state index contributed by atoms with van der Waals surface area (Å²) in [5.41, 5.74) is 0. The van der Waals surface area contributed by atoms with Gasteiger partial charge in [-0.15, -0.1) is 0 Å². The monoisotopic (exact) mass is 285 g/mol. The Bertz CT molecular complexity index is 251. The first-order valence-electron chi connectivity index (χ1n) is 8.02. The third kappa shape index (κ3) is 15.0. The fraction of sp³-hybridized carbons (Fsp3) is 0.875. The van der Waals surface area contributed by atoms with Gasteiger partial charge in [-0.05, 0) is 12.8 Å². The highest BCUT2D eigenvalue weighted by atomic mass is 16.5. The van der Waals surface area contributed by atoms with Gasteiger partial charge in [0.15, 0.2) is 0 Å². The van der Waals surface area contributed by atoms with Crippen LogP contribution >= 0.6 is 0 Å². The molecule has 0 amide bonds. The molecule has 0 rings (SSSR count). The Kier molecular flexibility index (Phi) is 13.6. The standard InChI is InChI=1S/C16H30O4/c1-2-3-4-5-6-7-8-9-10-11-14-20-16(19)13-12-15(17)18/h2-14H2,1H3,(H,17,18)/p-1. The van der Waals surface area contributed by atoms with Crippen molar-refractivity contribution in [3.63, 3.8) is 0 Å². The number of hydrogen-bond donors (Lipinski definition) is 0. The molecule has 0 unspecified atom stereocenters. The molecule has 0 radical (unpaired) electrons. The fourth-order valence-electron chi connectivity index (χ4n) is 2.05. The van der Waals surface area contributed by atoms with E-state index in [4.69, 9.17) is 4.74 Å². The van der Waals surface area contributed by atoms with E-state index < -0.39 is 11.9 Å². The van der Waals surface area contributed by atoms with Crippen molar-refractivity contribution in [3.05, 3.63) is 0 Å². The summed E-state index contributed by atoms with van der Waals surface area (Å²) >= 11 is 0. The van der Waals surface area contributed by atoms with Crippen molar-refractivity contribution in [1.29, 1.82) is 0 Å². The van der Waals surface area contributed by atoms with E-state index in [0.717, 1.165) is 12.8 Å². The summed E-state index contributed by atoms with van der Waals surface area (Å²) in [4.78, 5) is 21.2. The molecule has 4 nitrogen and oxygen atoms in total. The molecule has 0 N–H and O–H groups in total. The van der Waals surface area contributed by atoms with Gasteiger partial charge in [-0.1, -0.05) is 64.7 Å². The van der Waals surface area contributed by atoms with Crippen LogP contribution in [0, 0.1) is 0 Å². The van der Waals surface area contributed by atoms with E-state index in [-0.39, 0.29) is 12.8 Å². The van der Waals surface area contributed by atoms with E-state index in [1.807, 2.05) is 0 Å². The zero-order valence-electron chi connectivity index (χ0n) is 12.8. The molecule has 0 saturated heterocycles. The molecular formula is C16H29O4-. The molecule has 0 atom stereocenters. The number of carboxylic acids is 1. The van der Waals surface area contributed by atoms with E-state index in [9.17, 15) is 14.7 Å². The Morgan fingerprint density at radius 3 is 1.80 bits per heavy atom. The normalized spacial score (nSPS) is 10.4. The molecule has 0 spiro atoms. The molecule has 0 saturated carbocycles. The Balaban J connectivity index is 3.12. The molecule has 0 aliphatic carbocycles. The molecule has 118 valence electrons. The summed E-state index contributed by atoms with van der Waals surface area (Å²) in [6, 6.07) is 0. The number of rotatable bonds is 14. The average molecular weight is 285 g/mol. The highest BCUT2D eigenvalue weighted by molar-refractivity contribution is 5.75. The largest absolute Gasteiger partial charge is 0.550 e. The van der Waals surface area contributed by atoms with Gasteiger partial charge in [0.2, 0.25) is 0 Å². The van der Waals surface area contributed by atoms with E-state index in [1.165, 1.54) is 51.4 Å². The quantitative estimate of drug-likeness (QED) is 0.363. The van der Waals surface area contributed by atoms with Crippen molar-refractivity contribution in [2.24, 2.45) is 0 Å². The van der Waals surface area contributed by atoms with Gasteiger partial charge >= 0.3 is 5.97 Å². The number of ether oxygens (including phenoxy) is 1. The minimum absolute atomic E-state index is 0.0832. The van der Waals surface area contributed by atoms with Crippen LogP contribution in [-0.2, 0) is 14.3 Å². The lowest BCUT2D eigenvalue weighted by molar-refractivity contribution is -0.305. The number of carboxylic acid groups (broad SMARTS) is 1. The summed E-state index contributed by atoms with van der Waals surface area (Å²) in [7, 11) is 0. The van der Waals surface area contributed by atoms with E-state index >= 15 is 0 Å². The molecule has 4 heteroatoms. The Morgan fingerprint density at radius 2 is 1.30 bits per heavy atom. The number of aliphatic carboxylic acids is 1. The molecule has 0 aromatic heterocycles. The maximum atomic E-state index is 11.1. The van der Waals surface area contributed by atoms with Crippen molar-refractivity contribution in [3.8, 4) is 0 Å². The number of carbonyl (C=O) groups is 2. The SMILES string of the molecule is CCCCCCCCCCCCOC(=O)CCC(=O)[O-]. The minimum atomic E-state index is -1.21. The van der Waals surface area contributed by atoms with Crippen molar-refractivity contribution in [2.75, 3.05) is 6.61 Å². The van der Waals surface area contributed by atoms with Gasteiger partial charge < -0.3 is 14.6 Å². The maximum absolute atomic E-state index is 11.1.